The van der Waals surface area contributed by atoms with E-state index in [1.165, 1.54) is 12.8 Å². The molecule has 0 spiro atoms. The Kier molecular flexibility index (Phi) is 5.28. The molecule has 1 heterocycles. The molecule has 0 aliphatic rings. The first-order valence-corrected chi connectivity index (χ1v) is 7.29. The predicted molar refractivity (Wildman–Crippen MR) is 83.8 cm³/mol. The molecule has 0 aliphatic heterocycles. The molecule has 0 bridgehead atoms. The molecule has 19 heavy (non-hydrogen) atoms. The average Bonchev–Trinajstić information content (AvgIpc) is 2.44. The summed E-state index contributed by atoms with van der Waals surface area (Å²) >= 11 is 5.66. The number of nitrogens with two attached hydrogens (primary N) is 1. The number of hydrogen-bond donors (Lipinski definition) is 2. The molecule has 0 amide bonds. The molecule has 1 aromatic heterocycles. The molecule has 0 saturated heterocycles. The molecule has 3 N–H and O–H groups in total. The summed E-state index contributed by atoms with van der Waals surface area (Å²) in [6, 6.07) is 8.05. The zero-order chi connectivity index (χ0) is 13.5. The Bertz CT molecular complexity index is 528. The maximum absolute atomic E-state index is 6.01. The summed E-state index contributed by atoms with van der Waals surface area (Å²) in [6.07, 6.45) is 6.34. The summed E-state index contributed by atoms with van der Waals surface area (Å²) in [7, 11) is 0. The minimum atomic E-state index is 0.708. The number of benzene rings is 1. The highest BCUT2D eigenvalue weighted by molar-refractivity contribution is 6.17. The van der Waals surface area contributed by atoms with Gasteiger partial charge < -0.3 is 11.1 Å². The van der Waals surface area contributed by atoms with Crippen LogP contribution in [0.15, 0.2) is 30.5 Å². The third-order valence-corrected chi connectivity index (χ3v) is 3.43. The first-order chi connectivity index (χ1) is 9.33. The van der Waals surface area contributed by atoms with Gasteiger partial charge in [0, 0.05) is 17.8 Å². The van der Waals surface area contributed by atoms with Crippen molar-refractivity contribution in [2.45, 2.75) is 25.7 Å². The van der Waals surface area contributed by atoms with Gasteiger partial charge in [0.05, 0.1) is 23.1 Å². The third-order valence-electron chi connectivity index (χ3n) is 3.17. The molecule has 3 nitrogen and oxygen atoms in total. The largest absolute Gasteiger partial charge is 0.396 e. The SMILES string of the molecule is Nc1cnc2ccccc2c1NCCCCCCCl. The maximum Gasteiger partial charge on any atom is 0.0743 e. The van der Waals surface area contributed by atoms with Crippen LogP contribution >= 0.6 is 11.6 Å². The maximum atomic E-state index is 6.01. The summed E-state index contributed by atoms with van der Waals surface area (Å²) in [5.74, 6) is 0.759. The van der Waals surface area contributed by atoms with Crippen LogP contribution in [0.25, 0.3) is 10.9 Å². The van der Waals surface area contributed by atoms with Crippen LogP contribution in [0.4, 0.5) is 11.4 Å². The minimum absolute atomic E-state index is 0.708. The van der Waals surface area contributed by atoms with Crippen molar-refractivity contribution in [1.29, 1.82) is 0 Å². The number of fused-ring (bicyclic) bond motifs is 1. The van der Waals surface area contributed by atoms with Gasteiger partial charge in [0.25, 0.3) is 0 Å². The van der Waals surface area contributed by atoms with Crippen molar-refractivity contribution >= 4 is 33.9 Å². The summed E-state index contributed by atoms with van der Waals surface area (Å²) in [5, 5.41) is 4.52. The highest BCUT2D eigenvalue weighted by Crippen LogP contribution is 2.27. The van der Waals surface area contributed by atoms with Crippen LogP contribution in [0.1, 0.15) is 25.7 Å². The lowest BCUT2D eigenvalue weighted by atomic mass is 10.1. The number of alkyl halides is 1. The molecule has 2 rings (SSSR count). The van der Waals surface area contributed by atoms with Gasteiger partial charge in [-0.15, -0.1) is 11.6 Å². The minimum Gasteiger partial charge on any atom is -0.396 e. The molecule has 4 heteroatoms. The number of halogens is 1. The number of unbranched alkanes of at least 4 members (excludes halogenated alkanes) is 3. The smallest absolute Gasteiger partial charge is 0.0743 e. The summed E-state index contributed by atoms with van der Waals surface area (Å²) < 4.78 is 0. The zero-order valence-corrected chi connectivity index (χ0v) is 11.8. The van der Waals surface area contributed by atoms with E-state index in [1.807, 2.05) is 18.2 Å². The molecule has 0 atom stereocenters. The second kappa shape index (κ2) is 7.19. The topological polar surface area (TPSA) is 50.9 Å². The number of rotatable bonds is 7. The van der Waals surface area contributed by atoms with Gasteiger partial charge in [-0.1, -0.05) is 31.0 Å². The Morgan fingerprint density at radius 1 is 1.11 bits per heavy atom. The molecule has 1 aromatic carbocycles. The number of nitrogen functional groups attached to an aromatic ring is 1. The van der Waals surface area contributed by atoms with Gasteiger partial charge in [-0.3, -0.25) is 4.98 Å². The van der Waals surface area contributed by atoms with Crippen molar-refractivity contribution in [1.82, 2.24) is 4.98 Å². The predicted octanol–water partition coefficient (Wildman–Crippen LogP) is 4.03. The fraction of sp³-hybridized carbons (Fsp3) is 0.400. The van der Waals surface area contributed by atoms with Crippen molar-refractivity contribution in [3.63, 3.8) is 0 Å². The fourth-order valence-electron chi connectivity index (χ4n) is 2.14. The normalized spacial score (nSPS) is 10.8. The monoisotopic (exact) mass is 277 g/mol. The fourth-order valence-corrected chi connectivity index (χ4v) is 2.33. The number of nitrogens with one attached hydrogen (secondary N) is 1. The zero-order valence-electron chi connectivity index (χ0n) is 11.0. The van der Waals surface area contributed by atoms with Gasteiger partial charge in [-0.25, -0.2) is 0 Å². The van der Waals surface area contributed by atoms with Crippen molar-refractivity contribution in [3.8, 4) is 0 Å². The number of anilines is 2. The third kappa shape index (κ3) is 3.74. The highest BCUT2D eigenvalue weighted by atomic mass is 35.5. The van der Waals surface area contributed by atoms with Crippen molar-refractivity contribution in [2.24, 2.45) is 0 Å². The molecule has 102 valence electrons. The first-order valence-electron chi connectivity index (χ1n) is 6.76. The van der Waals surface area contributed by atoms with Gasteiger partial charge in [0.1, 0.15) is 0 Å². The van der Waals surface area contributed by atoms with E-state index in [4.69, 9.17) is 17.3 Å². The van der Waals surface area contributed by atoms with Crippen LogP contribution in [-0.2, 0) is 0 Å². The van der Waals surface area contributed by atoms with Gasteiger partial charge >= 0.3 is 0 Å². The van der Waals surface area contributed by atoms with E-state index in [2.05, 4.69) is 16.4 Å². The molecule has 0 aliphatic carbocycles. The van der Waals surface area contributed by atoms with Crippen LogP contribution in [0, 0.1) is 0 Å². The lowest BCUT2D eigenvalue weighted by molar-refractivity contribution is 0.688. The molecule has 0 fully saturated rings. The van der Waals surface area contributed by atoms with E-state index >= 15 is 0 Å². The Morgan fingerprint density at radius 3 is 2.74 bits per heavy atom. The first kappa shape index (κ1) is 13.9. The van der Waals surface area contributed by atoms with Crippen LogP contribution in [0.2, 0.25) is 0 Å². The van der Waals surface area contributed by atoms with Crippen LogP contribution in [0.3, 0.4) is 0 Å². The Morgan fingerprint density at radius 2 is 1.89 bits per heavy atom. The van der Waals surface area contributed by atoms with Crippen LogP contribution in [-0.4, -0.2) is 17.4 Å². The van der Waals surface area contributed by atoms with Gasteiger partial charge in [0.15, 0.2) is 0 Å². The van der Waals surface area contributed by atoms with E-state index < -0.39 is 0 Å². The van der Waals surface area contributed by atoms with Gasteiger partial charge in [-0.2, -0.15) is 0 Å². The lowest BCUT2D eigenvalue weighted by Crippen LogP contribution is -2.05. The number of nitrogens with zero attached hydrogens (tertiary/aromatic N) is 1. The summed E-state index contributed by atoms with van der Waals surface area (Å²) in [4.78, 5) is 4.33. The van der Waals surface area contributed by atoms with Gasteiger partial charge in [-0.05, 0) is 18.9 Å². The van der Waals surface area contributed by atoms with E-state index in [1.54, 1.807) is 6.20 Å². The second-order valence-electron chi connectivity index (χ2n) is 4.64. The molecule has 2 aromatic rings. The van der Waals surface area contributed by atoms with E-state index in [-0.39, 0.29) is 0 Å². The second-order valence-corrected chi connectivity index (χ2v) is 5.01. The quantitative estimate of drug-likeness (QED) is 0.593. The molecule has 0 saturated carbocycles. The van der Waals surface area contributed by atoms with Crippen LogP contribution in [0.5, 0.6) is 0 Å². The van der Waals surface area contributed by atoms with Crippen molar-refractivity contribution in [2.75, 3.05) is 23.5 Å². The van der Waals surface area contributed by atoms with Crippen molar-refractivity contribution < 1.29 is 0 Å². The number of pyridine rings is 1. The van der Waals surface area contributed by atoms with E-state index in [9.17, 15) is 0 Å². The van der Waals surface area contributed by atoms with E-state index in [0.29, 0.717) is 5.69 Å². The number of hydrogen-bond acceptors (Lipinski definition) is 3. The van der Waals surface area contributed by atoms with Crippen LogP contribution < -0.4 is 11.1 Å². The number of para-hydroxylation sites is 1. The van der Waals surface area contributed by atoms with E-state index in [0.717, 1.165) is 41.9 Å². The Hall–Kier alpha value is -1.48. The number of aromatic nitrogens is 1. The van der Waals surface area contributed by atoms with Crippen molar-refractivity contribution in [3.05, 3.63) is 30.5 Å². The lowest BCUT2D eigenvalue weighted by Gasteiger charge is -2.12. The molecule has 0 radical (unpaired) electrons. The highest BCUT2D eigenvalue weighted by Gasteiger charge is 2.05. The molecule has 0 unspecified atom stereocenters. The standard InChI is InChI=1S/C15H20ClN3/c16-9-5-1-2-6-10-18-15-12-7-3-4-8-14(12)19-11-13(15)17/h3-4,7-8,11H,1-2,5-6,9-10,17H2,(H,18,19). The summed E-state index contributed by atoms with van der Waals surface area (Å²) in [5.41, 5.74) is 8.69. The molecular formula is C15H20ClN3. The average molecular weight is 278 g/mol. The Labute approximate surface area is 119 Å². The summed E-state index contributed by atoms with van der Waals surface area (Å²) in [6.45, 7) is 0.931. The van der Waals surface area contributed by atoms with Gasteiger partial charge in [0.2, 0.25) is 0 Å². The molecular weight excluding hydrogens is 258 g/mol. The Balaban J connectivity index is 1.98.